The van der Waals surface area contributed by atoms with E-state index in [9.17, 15) is 5.11 Å². The van der Waals surface area contributed by atoms with E-state index in [2.05, 4.69) is 9.97 Å². The summed E-state index contributed by atoms with van der Waals surface area (Å²) >= 11 is 0. The summed E-state index contributed by atoms with van der Waals surface area (Å²) in [6.45, 7) is 1.47. The third-order valence-corrected chi connectivity index (χ3v) is 5.25. The van der Waals surface area contributed by atoms with Crippen LogP contribution in [0.4, 0.5) is 0 Å². The van der Waals surface area contributed by atoms with Gasteiger partial charge in [-0.25, -0.2) is 9.97 Å². The SMILES string of the molecule is OC1c2cc(OCc3ccc4ccccc4n3)ccc2OCC1Cn1ccnc1. The van der Waals surface area contributed by atoms with Crippen LogP contribution in [0, 0.1) is 5.92 Å². The number of ether oxygens (including phenoxy) is 2. The minimum Gasteiger partial charge on any atom is -0.493 e. The van der Waals surface area contributed by atoms with Gasteiger partial charge in [-0.3, -0.25) is 0 Å². The summed E-state index contributed by atoms with van der Waals surface area (Å²) in [4.78, 5) is 8.70. The van der Waals surface area contributed by atoms with Crippen molar-refractivity contribution in [1.29, 1.82) is 0 Å². The number of imidazole rings is 1. The Morgan fingerprint density at radius 1 is 1.14 bits per heavy atom. The Morgan fingerprint density at radius 2 is 2.07 bits per heavy atom. The molecule has 1 N–H and O–H groups in total. The molecule has 2 unspecified atom stereocenters. The molecule has 0 saturated carbocycles. The van der Waals surface area contributed by atoms with Crippen molar-refractivity contribution in [3.05, 3.63) is 84.6 Å². The highest BCUT2D eigenvalue weighted by molar-refractivity contribution is 5.78. The van der Waals surface area contributed by atoms with E-state index in [1.165, 1.54) is 0 Å². The fraction of sp³-hybridized carbons (Fsp3) is 0.217. The van der Waals surface area contributed by atoms with E-state index in [1.54, 1.807) is 12.5 Å². The number of hydrogen-bond donors (Lipinski definition) is 1. The fourth-order valence-electron chi connectivity index (χ4n) is 3.68. The molecular formula is C23H21N3O3. The third kappa shape index (κ3) is 3.67. The Bertz CT molecular complexity index is 1130. The number of nitrogens with zero attached hydrogens (tertiary/aromatic N) is 3. The van der Waals surface area contributed by atoms with Crippen LogP contribution in [0.2, 0.25) is 0 Å². The standard InChI is InChI=1S/C23H21N3O3/c27-23-17(12-26-10-9-24-15-26)13-29-22-8-7-19(11-20(22)23)28-14-18-6-5-16-3-1-2-4-21(16)25-18/h1-11,15,17,23,27H,12-14H2. The van der Waals surface area contributed by atoms with Gasteiger partial charge in [0.2, 0.25) is 0 Å². The van der Waals surface area contributed by atoms with Crippen molar-refractivity contribution in [2.75, 3.05) is 6.61 Å². The largest absolute Gasteiger partial charge is 0.493 e. The molecule has 4 aromatic rings. The van der Waals surface area contributed by atoms with Gasteiger partial charge in [0.15, 0.2) is 0 Å². The van der Waals surface area contributed by atoms with Crippen molar-refractivity contribution < 1.29 is 14.6 Å². The summed E-state index contributed by atoms with van der Waals surface area (Å²) in [7, 11) is 0. The van der Waals surface area contributed by atoms with Crippen molar-refractivity contribution in [3.63, 3.8) is 0 Å². The normalized spacial score (nSPS) is 18.2. The van der Waals surface area contributed by atoms with Crippen LogP contribution >= 0.6 is 0 Å². The summed E-state index contributed by atoms with van der Waals surface area (Å²) in [5.74, 6) is 1.34. The highest BCUT2D eigenvalue weighted by atomic mass is 16.5. The number of aliphatic hydroxyl groups excluding tert-OH is 1. The number of benzene rings is 2. The molecule has 0 aliphatic carbocycles. The molecule has 6 nitrogen and oxygen atoms in total. The van der Waals surface area contributed by atoms with Gasteiger partial charge in [0.05, 0.1) is 30.2 Å². The summed E-state index contributed by atoms with van der Waals surface area (Å²) in [5.41, 5.74) is 2.56. The number of hydrogen-bond acceptors (Lipinski definition) is 5. The minimum atomic E-state index is -0.622. The van der Waals surface area contributed by atoms with Crippen molar-refractivity contribution in [1.82, 2.24) is 14.5 Å². The number of rotatable bonds is 5. The number of aliphatic hydroxyl groups is 1. The molecule has 1 aliphatic rings. The molecule has 2 atom stereocenters. The van der Waals surface area contributed by atoms with Crippen molar-refractivity contribution in [2.45, 2.75) is 19.3 Å². The van der Waals surface area contributed by atoms with E-state index >= 15 is 0 Å². The van der Waals surface area contributed by atoms with Crippen LogP contribution < -0.4 is 9.47 Å². The van der Waals surface area contributed by atoms with Gasteiger partial charge in [0.1, 0.15) is 18.1 Å². The lowest BCUT2D eigenvalue weighted by Gasteiger charge is -2.30. The van der Waals surface area contributed by atoms with E-state index in [1.807, 2.05) is 65.4 Å². The van der Waals surface area contributed by atoms with E-state index in [-0.39, 0.29) is 5.92 Å². The molecule has 0 fully saturated rings. The molecule has 3 heterocycles. The van der Waals surface area contributed by atoms with E-state index in [4.69, 9.17) is 9.47 Å². The quantitative estimate of drug-likeness (QED) is 0.565. The Labute approximate surface area is 168 Å². The second-order valence-corrected chi connectivity index (χ2v) is 7.26. The first kappa shape index (κ1) is 17.7. The number of pyridine rings is 1. The number of fused-ring (bicyclic) bond motifs is 2. The molecule has 0 bridgehead atoms. The summed E-state index contributed by atoms with van der Waals surface area (Å²) in [5, 5.41) is 12.0. The van der Waals surface area contributed by atoms with Crippen LogP contribution in [-0.2, 0) is 13.2 Å². The predicted molar refractivity (Wildman–Crippen MR) is 109 cm³/mol. The first-order valence-electron chi connectivity index (χ1n) is 9.64. The Balaban J connectivity index is 1.31. The molecule has 0 spiro atoms. The molecule has 1 aliphatic heterocycles. The predicted octanol–water partition coefficient (Wildman–Crippen LogP) is 3.75. The molecule has 0 amide bonds. The lowest BCUT2D eigenvalue weighted by atomic mass is 9.93. The third-order valence-electron chi connectivity index (χ3n) is 5.25. The van der Waals surface area contributed by atoms with Gasteiger partial charge in [-0.05, 0) is 30.3 Å². The van der Waals surface area contributed by atoms with Crippen LogP contribution in [0.15, 0.2) is 73.3 Å². The van der Waals surface area contributed by atoms with Crippen molar-refractivity contribution in [3.8, 4) is 11.5 Å². The van der Waals surface area contributed by atoms with Crippen LogP contribution in [0.1, 0.15) is 17.4 Å². The van der Waals surface area contributed by atoms with Crippen LogP contribution in [0.25, 0.3) is 10.9 Å². The Kier molecular flexibility index (Phi) is 4.62. The lowest BCUT2D eigenvalue weighted by Crippen LogP contribution is -2.29. The molecule has 6 heteroatoms. The average Bonchev–Trinajstić information content (AvgIpc) is 3.27. The van der Waals surface area contributed by atoms with Crippen LogP contribution in [0.5, 0.6) is 11.5 Å². The fourth-order valence-corrected chi connectivity index (χ4v) is 3.68. The molecular weight excluding hydrogens is 366 g/mol. The zero-order valence-corrected chi connectivity index (χ0v) is 15.8. The minimum absolute atomic E-state index is 0.0471. The highest BCUT2D eigenvalue weighted by Crippen LogP contribution is 2.38. The van der Waals surface area contributed by atoms with Gasteiger partial charge >= 0.3 is 0 Å². The van der Waals surface area contributed by atoms with Gasteiger partial charge in [-0.15, -0.1) is 0 Å². The Morgan fingerprint density at radius 3 is 2.97 bits per heavy atom. The van der Waals surface area contributed by atoms with Gasteiger partial charge < -0.3 is 19.1 Å². The van der Waals surface area contributed by atoms with E-state index in [0.717, 1.165) is 22.2 Å². The zero-order chi connectivity index (χ0) is 19.6. The van der Waals surface area contributed by atoms with Gasteiger partial charge in [-0.1, -0.05) is 24.3 Å². The van der Waals surface area contributed by atoms with E-state index < -0.39 is 6.10 Å². The van der Waals surface area contributed by atoms with Gasteiger partial charge in [0.25, 0.3) is 0 Å². The van der Waals surface area contributed by atoms with E-state index in [0.29, 0.717) is 31.3 Å². The first-order chi connectivity index (χ1) is 14.3. The maximum atomic E-state index is 10.9. The summed E-state index contributed by atoms with van der Waals surface area (Å²) in [6, 6.07) is 17.6. The number of para-hydroxylation sites is 1. The molecule has 5 rings (SSSR count). The topological polar surface area (TPSA) is 69.4 Å². The monoisotopic (exact) mass is 387 g/mol. The highest BCUT2D eigenvalue weighted by Gasteiger charge is 2.30. The number of aromatic nitrogens is 3. The average molecular weight is 387 g/mol. The van der Waals surface area contributed by atoms with Gasteiger partial charge in [0, 0.05) is 35.8 Å². The summed E-state index contributed by atoms with van der Waals surface area (Å²) in [6.07, 6.45) is 4.75. The van der Waals surface area contributed by atoms with Gasteiger partial charge in [-0.2, -0.15) is 0 Å². The maximum Gasteiger partial charge on any atom is 0.130 e. The lowest BCUT2D eigenvalue weighted by molar-refractivity contribution is 0.0411. The first-order valence-corrected chi connectivity index (χ1v) is 9.64. The zero-order valence-electron chi connectivity index (χ0n) is 15.8. The molecule has 146 valence electrons. The summed E-state index contributed by atoms with van der Waals surface area (Å²) < 4.78 is 13.8. The molecule has 0 radical (unpaired) electrons. The molecule has 2 aromatic carbocycles. The smallest absolute Gasteiger partial charge is 0.130 e. The van der Waals surface area contributed by atoms with Crippen molar-refractivity contribution >= 4 is 10.9 Å². The molecule has 2 aromatic heterocycles. The second-order valence-electron chi connectivity index (χ2n) is 7.26. The van der Waals surface area contributed by atoms with Crippen molar-refractivity contribution in [2.24, 2.45) is 5.92 Å². The second kappa shape index (κ2) is 7.56. The van der Waals surface area contributed by atoms with Crippen LogP contribution in [-0.4, -0.2) is 26.2 Å². The molecule has 0 saturated heterocycles. The van der Waals surface area contributed by atoms with Crippen LogP contribution in [0.3, 0.4) is 0 Å². The maximum absolute atomic E-state index is 10.9. The molecule has 29 heavy (non-hydrogen) atoms. The Hall–Kier alpha value is -3.38.